The Balaban J connectivity index is 2.62. The molecular formula is C10H13NO5S. The highest BCUT2D eigenvalue weighted by atomic mass is 32.2. The van der Waals surface area contributed by atoms with Crippen LogP contribution >= 0.6 is 0 Å². The fourth-order valence-corrected chi connectivity index (χ4v) is 1.49. The van der Waals surface area contributed by atoms with E-state index in [4.69, 9.17) is 5.11 Å². The van der Waals surface area contributed by atoms with Crippen LogP contribution in [0.1, 0.15) is 17.8 Å². The van der Waals surface area contributed by atoms with Gasteiger partial charge in [0.1, 0.15) is 6.61 Å². The highest BCUT2D eigenvalue weighted by molar-refractivity contribution is 7.85. The van der Waals surface area contributed by atoms with E-state index < -0.39 is 16.1 Å². The quantitative estimate of drug-likeness (QED) is 0.751. The molecule has 0 aliphatic rings. The van der Waals surface area contributed by atoms with E-state index >= 15 is 0 Å². The monoisotopic (exact) mass is 259 g/mol. The van der Waals surface area contributed by atoms with Crippen LogP contribution in [0.4, 0.5) is 0 Å². The lowest BCUT2D eigenvalue weighted by Gasteiger charge is -2.03. The van der Waals surface area contributed by atoms with Crippen molar-refractivity contribution in [3.05, 3.63) is 29.6 Å². The van der Waals surface area contributed by atoms with Crippen molar-refractivity contribution in [2.24, 2.45) is 0 Å². The summed E-state index contributed by atoms with van der Waals surface area (Å²) >= 11 is 0. The van der Waals surface area contributed by atoms with Crippen LogP contribution in [0.5, 0.6) is 0 Å². The van der Waals surface area contributed by atoms with Crippen LogP contribution < -0.4 is 0 Å². The minimum absolute atomic E-state index is 0.0105. The lowest BCUT2D eigenvalue weighted by molar-refractivity contribution is -0.136. The molecule has 1 heterocycles. The van der Waals surface area contributed by atoms with Gasteiger partial charge < -0.3 is 5.11 Å². The first-order valence-electron chi connectivity index (χ1n) is 4.88. The van der Waals surface area contributed by atoms with Crippen LogP contribution in [-0.4, -0.2) is 30.7 Å². The Bertz CT molecular complexity index is 497. The van der Waals surface area contributed by atoms with E-state index in [1.165, 1.54) is 0 Å². The molecule has 7 heteroatoms. The summed E-state index contributed by atoms with van der Waals surface area (Å²) in [5, 5.41) is 8.52. The van der Waals surface area contributed by atoms with Crippen LogP contribution in [-0.2, 0) is 32.1 Å². The molecule has 0 aliphatic heterocycles. The minimum atomic E-state index is -3.50. The third kappa shape index (κ3) is 5.98. The molecule has 0 aromatic carbocycles. The minimum Gasteiger partial charge on any atom is -0.481 e. The zero-order valence-electron chi connectivity index (χ0n) is 9.29. The zero-order valence-corrected chi connectivity index (χ0v) is 10.1. The van der Waals surface area contributed by atoms with E-state index in [0.29, 0.717) is 17.8 Å². The Morgan fingerprint density at radius 1 is 1.41 bits per heavy atom. The van der Waals surface area contributed by atoms with Gasteiger partial charge in [-0.15, -0.1) is 0 Å². The molecular weight excluding hydrogens is 246 g/mol. The lowest BCUT2D eigenvalue weighted by atomic mass is 10.2. The van der Waals surface area contributed by atoms with Crippen molar-refractivity contribution >= 4 is 16.1 Å². The van der Waals surface area contributed by atoms with Crippen molar-refractivity contribution < 1.29 is 22.5 Å². The highest BCUT2D eigenvalue weighted by Gasteiger charge is 2.05. The number of carbonyl (C=O) groups is 1. The zero-order chi connectivity index (χ0) is 12.9. The third-order valence-corrected chi connectivity index (χ3v) is 2.43. The van der Waals surface area contributed by atoms with E-state index in [-0.39, 0.29) is 13.0 Å². The normalized spacial score (nSPS) is 11.4. The molecule has 1 aromatic heterocycles. The number of hydrogen-bond acceptors (Lipinski definition) is 5. The van der Waals surface area contributed by atoms with Gasteiger partial charge in [0.25, 0.3) is 10.1 Å². The van der Waals surface area contributed by atoms with Crippen LogP contribution in [0.25, 0.3) is 0 Å². The van der Waals surface area contributed by atoms with Crippen LogP contribution in [0.2, 0.25) is 0 Å². The Kier molecular flexibility index (Phi) is 4.59. The molecule has 0 amide bonds. The summed E-state index contributed by atoms with van der Waals surface area (Å²) in [5.74, 6) is -0.899. The van der Waals surface area contributed by atoms with Gasteiger partial charge in [0.15, 0.2) is 0 Å². The van der Waals surface area contributed by atoms with Crippen molar-refractivity contribution in [3.8, 4) is 0 Å². The molecule has 94 valence electrons. The highest BCUT2D eigenvalue weighted by Crippen LogP contribution is 2.05. The number of carboxylic acid groups (broad SMARTS) is 1. The molecule has 6 nitrogen and oxygen atoms in total. The predicted octanol–water partition coefficient (Wildman–Crippen LogP) is 0.575. The van der Waals surface area contributed by atoms with Crippen molar-refractivity contribution in [3.63, 3.8) is 0 Å². The van der Waals surface area contributed by atoms with Crippen LogP contribution in [0.15, 0.2) is 18.2 Å². The predicted molar refractivity (Wildman–Crippen MR) is 59.8 cm³/mol. The molecule has 0 bridgehead atoms. The van der Waals surface area contributed by atoms with Gasteiger partial charge in [0.2, 0.25) is 0 Å². The molecule has 0 saturated carbocycles. The van der Waals surface area contributed by atoms with Gasteiger partial charge in [-0.2, -0.15) is 8.42 Å². The number of nitrogens with zero attached hydrogens (tertiary/aromatic N) is 1. The Hall–Kier alpha value is -1.47. The van der Waals surface area contributed by atoms with Gasteiger partial charge in [-0.3, -0.25) is 14.0 Å². The SMILES string of the molecule is CS(=O)(=O)OCc1cccc(CCC(=O)O)n1. The summed E-state index contributed by atoms with van der Waals surface area (Å²) in [6.45, 7) is -0.139. The van der Waals surface area contributed by atoms with Crippen molar-refractivity contribution in [2.75, 3.05) is 6.26 Å². The average molecular weight is 259 g/mol. The number of carboxylic acids is 1. The fraction of sp³-hybridized carbons (Fsp3) is 0.400. The van der Waals surface area contributed by atoms with Crippen molar-refractivity contribution in [1.82, 2.24) is 4.98 Å². The van der Waals surface area contributed by atoms with E-state index in [1.807, 2.05) is 0 Å². The third-order valence-electron chi connectivity index (χ3n) is 1.88. The molecule has 17 heavy (non-hydrogen) atoms. The summed E-state index contributed by atoms with van der Waals surface area (Å²) in [6.07, 6.45) is 1.26. The lowest BCUT2D eigenvalue weighted by Crippen LogP contribution is -2.05. The summed E-state index contributed by atoms with van der Waals surface area (Å²) < 4.78 is 26.1. The van der Waals surface area contributed by atoms with Crippen LogP contribution in [0.3, 0.4) is 0 Å². The number of rotatable bonds is 6. The van der Waals surface area contributed by atoms with E-state index in [2.05, 4.69) is 9.17 Å². The number of hydrogen-bond donors (Lipinski definition) is 1. The summed E-state index contributed by atoms with van der Waals surface area (Å²) in [5.41, 5.74) is 1.06. The Labute approximate surface area is 99.4 Å². The standard InChI is InChI=1S/C10H13NO5S/c1-17(14,15)16-7-9-4-2-3-8(11-9)5-6-10(12)13/h2-4H,5-7H2,1H3,(H,12,13). The number of aryl methyl sites for hydroxylation is 1. The maximum Gasteiger partial charge on any atom is 0.303 e. The molecule has 0 saturated heterocycles. The Morgan fingerprint density at radius 3 is 2.65 bits per heavy atom. The van der Waals surface area contributed by atoms with Gasteiger partial charge >= 0.3 is 5.97 Å². The number of aliphatic carboxylic acids is 1. The van der Waals surface area contributed by atoms with Crippen molar-refractivity contribution in [1.29, 1.82) is 0 Å². The number of aromatic nitrogens is 1. The second-order valence-corrected chi connectivity index (χ2v) is 5.12. The first-order chi connectivity index (χ1) is 7.87. The average Bonchev–Trinajstić information content (AvgIpc) is 2.23. The molecule has 0 radical (unpaired) electrons. The van der Waals surface area contributed by atoms with Gasteiger partial charge in [0.05, 0.1) is 18.4 Å². The second-order valence-electron chi connectivity index (χ2n) is 3.48. The molecule has 0 spiro atoms. The largest absolute Gasteiger partial charge is 0.481 e. The topological polar surface area (TPSA) is 93.6 Å². The molecule has 1 aromatic rings. The first kappa shape index (κ1) is 13.6. The molecule has 0 aliphatic carbocycles. The van der Waals surface area contributed by atoms with Gasteiger partial charge in [0, 0.05) is 12.1 Å². The van der Waals surface area contributed by atoms with E-state index in [1.54, 1.807) is 18.2 Å². The molecule has 1 N–H and O–H groups in total. The van der Waals surface area contributed by atoms with E-state index in [0.717, 1.165) is 6.26 Å². The van der Waals surface area contributed by atoms with Gasteiger partial charge in [-0.05, 0) is 12.1 Å². The molecule has 0 unspecified atom stereocenters. The molecule has 1 rings (SSSR count). The maximum atomic E-state index is 10.8. The van der Waals surface area contributed by atoms with Crippen LogP contribution in [0, 0.1) is 0 Å². The fourth-order valence-electron chi connectivity index (χ4n) is 1.15. The maximum absolute atomic E-state index is 10.8. The van der Waals surface area contributed by atoms with Gasteiger partial charge in [-0.1, -0.05) is 6.07 Å². The Morgan fingerprint density at radius 2 is 2.06 bits per heavy atom. The number of pyridine rings is 1. The van der Waals surface area contributed by atoms with Gasteiger partial charge in [-0.25, -0.2) is 0 Å². The second kappa shape index (κ2) is 5.74. The van der Waals surface area contributed by atoms with E-state index in [9.17, 15) is 13.2 Å². The summed E-state index contributed by atoms with van der Waals surface area (Å²) in [7, 11) is -3.50. The van der Waals surface area contributed by atoms with Crippen molar-refractivity contribution in [2.45, 2.75) is 19.4 Å². The summed E-state index contributed by atoms with van der Waals surface area (Å²) in [4.78, 5) is 14.5. The summed E-state index contributed by atoms with van der Waals surface area (Å²) in [6, 6.07) is 4.99. The molecule has 0 atom stereocenters. The smallest absolute Gasteiger partial charge is 0.303 e. The molecule has 0 fully saturated rings. The first-order valence-corrected chi connectivity index (χ1v) is 6.69.